The van der Waals surface area contributed by atoms with Gasteiger partial charge in [-0.3, -0.25) is 14.9 Å². The van der Waals surface area contributed by atoms with E-state index >= 15 is 0 Å². The van der Waals surface area contributed by atoms with Crippen LogP contribution in [0.1, 0.15) is 15.9 Å². The van der Waals surface area contributed by atoms with Gasteiger partial charge in [-0.15, -0.1) is 0 Å². The molecule has 0 bridgehead atoms. The van der Waals surface area contributed by atoms with Crippen molar-refractivity contribution in [2.24, 2.45) is 0 Å². The Morgan fingerprint density at radius 1 is 1.09 bits per heavy atom. The van der Waals surface area contributed by atoms with E-state index in [9.17, 15) is 28.5 Å². The maximum absolute atomic E-state index is 13.1. The number of alkyl halides is 2. The summed E-state index contributed by atoms with van der Waals surface area (Å²) in [6, 6.07) is 9.78. The van der Waals surface area contributed by atoms with Gasteiger partial charge >= 0.3 is 11.8 Å². The first-order valence-corrected chi connectivity index (χ1v) is 10.4. The Balaban J connectivity index is 1.46. The lowest BCUT2D eigenvalue weighted by Gasteiger charge is -2.38. The van der Waals surface area contributed by atoms with Gasteiger partial charge in [0.25, 0.3) is 11.8 Å². The molecule has 0 aliphatic carbocycles. The Bertz CT molecular complexity index is 1100. The van der Waals surface area contributed by atoms with E-state index in [1.54, 1.807) is 0 Å². The number of hydrogen-bond acceptors (Lipinski definition) is 7. The van der Waals surface area contributed by atoms with E-state index in [4.69, 9.17) is 14.2 Å². The van der Waals surface area contributed by atoms with Gasteiger partial charge < -0.3 is 24.0 Å². The van der Waals surface area contributed by atoms with Crippen molar-refractivity contribution in [1.29, 1.82) is 0 Å². The lowest BCUT2D eigenvalue weighted by Crippen LogP contribution is -2.58. The SMILES string of the molecule is O=C(OCc1ccc([N+](=O)[O-])c(Oc2cccc(C(=O)N3CC(F)(F)C3)c2)c1)N1CCOCC1. The zero-order valence-corrected chi connectivity index (χ0v) is 17.9. The molecule has 0 saturated carbocycles. The molecule has 0 N–H and O–H groups in total. The quantitative estimate of drug-likeness (QED) is 0.463. The third-order valence-corrected chi connectivity index (χ3v) is 5.29. The molecule has 2 aromatic carbocycles. The molecule has 0 radical (unpaired) electrons. The van der Waals surface area contributed by atoms with Crippen molar-refractivity contribution in [3.05, 3.63) is 63.7 Å². The van der Waals surface area contributed by atoms with E-state index < -0.39 is 35.9 Å². The molecule has 2 aliphatic rings. The summed E-state index contributed by atoms with van der Waals surface area (Å²) in [6.07, 6.45) is -0.521. The number of likely N-dealkylation sites (tertiary alicyclic amines) is 1. The molecule has 0 aromatic heterocycles. The van der Waals surface area contributed by atoms with Crippen molar-refractivity contribution in [1.82, 2.24) is 9.80 Å². The molecule has 2 saturated heterocycles. The van der Waals surface area contributed by atoms with Gasteiger partial charge in [-0.25, -0.2) is 13.6 Å². The minimum atomic E-state index is -2.89. The molecule has 2 aromatic rings. The zero-order chi connectivity index (χ0) is 24.3. The molecule has 10 nitrogen and oxygen atoms in total. The number of halogens is 2. The van der Waals surface area contributed by atoms with Crippen LogP contribution in [0.25, 0.3) is 0 Å². The molecule has 0 atom stereocenters. The van der Waals surface area contributed by atoms with Crippen LogP contribution in [0.5, 0.6) is 11.5 Å². The van der Waals surface area contributed by atoms with Crippen LogP contribution in [0, 0.1) is 10.1 Å². The van der Waals surface area contributed by atoms with Gasteiger partial charge in [0.2, 0.25) is 5.75 Å². The van der Waals surface area contributed by atoms with Gasteiger partial charge in [0.1, 0.15) is 12.4 Å². The molecule has 2 amide bonds. The maximum Gasteiger partial charge on any atom is 0.410 e. The van der Waals surface area contributed by atoms with Crippen molar-refractivity contribution in [3.63, 3.8) is 0 Å². The first-order valence-electron chi connectivity index (χ1n) is 10.4. The van der Waals surface area contributed by atoms with Gasteiger partial charge in [0.15, 0.2) is 0 Å². The number of carbonyl (C=O) groups is 2. The summed E-state index contributed by atoms with van der Waals surface area (Å²) in [5.41, 5.74) is 0.242. The first kappa shape index (κ1) is 23.4. The number of benzene rings is 2. The average Bonchev–Trinajstić information content (AvgIpc) is 2.81. The second-order valence-electron chi connectivity index (χ2n) is 7.86. The highest BCUT2D eigenvalue weighted by Gasteiger charge is 2.46. The summed E-state index contributed by atoms with van der Waals surface area (Å²) in [4.78, 5) is 37.9. The van der Waals surface area contributed by atoms with E-state index in [1.807, 2.05) is 0 Å². The Hall–Kier alpha value is -3.80. The lowest BCUT2D eigenvalue weighted by atomic mass is 10.1. The van der Waals surface area contributed by atoms with E-state index in [1.165, 1.54) is 47.4 Å². The normalized spacial score (nSPS) is 17.0. The Kier molecular flexibility index (Phi) is 6.59. The standard InChI is InChI=1S/C22H21F2N3O7/c23-22(24)13-26(14-22)20(28)16-2-1-3-17(11-16)34-19-10-15(4-5-18(19)27(30)31)12-33-21(29)25-6-8-32-9-7-25/h1-5,10-11H,6-9,12-14H2. The molecule has 180 valence electrons. The third-order valence-electron chi connectivity index (χ3n) is 5.29. The van der Waals surface area contributed by atoms with Crippen molar-refractivity contribution in [2.75, 3.05) is 39.4 Å². The second-order valence-corrected chi connectivity index (χ2v) is 7.86. The van der Waals surface area contributed by atoms with Crippen molar-refractivity contribution in [3.8, 4) is 11.5 Å². The summed E-state index contributed by atoms with van der Waals surface area (Å²) < 4.78 is 42.3. The van der Waals surface area contributed by atoms with Crippen molar-refractivity contribution >= 4 is 17.7 Å². The fourth-order valence-electron chi connectivity index (χ4n) is 3.52. The van der Waals surface area contributed by atoms with E-state index in [2.05, 4.69) is 0 Å². The maximum atomic E-state index is 13.1. The topological polar surface area (TPSA) is 111 Å². The van der Waals surface area contributed by atoms with E-state index in [0.717, 1.165) is 4.90 Å². The van der Waals surface area contributed by atoms with Gasteiger partial charge in [-0.05, 0) is 35.9 Å². The number of amides is 2. The minimum Gasteiger partial charge on any atom is -0.450 e. The minimum absolute atomic E-state index is 0.115. The van der Waals surface area contributed by atoms with Gasteiger partial charge in [-0.2, -0.15) is 0 Å². The number of nitro benzene ring substituents is 1. The molecular weight excluding hydrogens is 456 g/mol. The van der Waals surface area contributed by atoms with Crippen LogP contribution in [0.3, 0.4) is 0 Å². The molecule has 2 aliphatic heterocycles. The highest BCUT2D eigenvalue weighted by molar-refractivity contribution is 5.95. The highest BCUT2D eigenvalue weighted by Crippen LogP contribution is 2.34. The molecule has 2 fully saturated rings. The number of carbonyl (C=O) groups excluding carboxylic acids is 2. The Morgan fingerprint density at radius 2 is 1.82 bits per heavy atom. The first-order chi connectivity index (χ1) is 16.2. The highest BCUT2D eigenvalue weighted by atomic mass is 19.3. The number of rotatable bonds is 6. The van der Waals surface area contributed by atoms with Crippen LogP contribution in [-0.4, -0.2) is 72.0 Å². The number of hydrogen-bond donors (Lipinski definition) is 0. The molecule has 2 heterocycles. The summed E-state index contributed by atoms with van der Waals surface area (Å²) >= 11 is 0. The predicted molar refractivity (Wildman–Crippen MR) is 113 cm³/mol. The Morgan fingerprint density at radius 3 is 2.50 bits per heavy atom. The van der Waals surface area contributed by atoms with Crippen LogP contribution in [0.4, 0.5) is 19.3 Å². The molecule has 0 spiro atoms. The summed E-state index contributed by atoms with van der Waals surface area (Å²) in [5.74, 6) is -3.49. The van der Waals surface area contributed by atoms with Crippen molar-refractivity contribution in [2.45, 2.75) is 12.5 Å². The molecule has 12 heteroatoms. The van der Waals surface area contributed by atoms with Gasteiger partial charge in [-0.1, -0.05) is 6.07 Å². The largest absolute Gasteiger partial charge is 0.450 e. The van der Waals surface area contributed by atoms with Crippen molar-refractivity contribution < 1.29 is 37.5 Å². The number of nitrogens with zero attached hydrogens (tertiary/aromatic N) is 3. The van der Waals surface area contributed by atoms with Gasteiger partial charge in [0.05, 0.1) is 31.2 Å². The predicted octanol–water partition coefficient (Wildman–Crippen LogP) is 3.45. The molecular formula is C22H21F2N3O7. The number of ether oxygens (including phenoxy) is 3. The van der Waals surface area contributed by atoms with Crippen LogP contribution < -0.4 is 4.74 Å². The van der Waals surface area contributed by atoms with Crippen LogP contribution >= 0.6 is 0 Å². The van der Waals surface area contributed by atoms with Gasteiger partial charge in [0, 0.05) is 24.7 Å². The van der Waals surface area contributed by atoms with Crippen LogP contribution in [0.2, 0.25) is 0 Å². The number of morpholine rings is 1. The fraction of sp³-hybridized carbons (Fsp3) is 0.364. The number of nitro groups is 1. The molecule has 4 rings (SSSR count). The smallest absolute Gasteiger partial charge is 0.410 e. The van der Waals surface area contributed by atoms with E-state index in [0.29, 0.717) is 31.9 Å². The van der Waals surface area contributed by atoms with E-state index in [-0.39, 0.29) is 29.4 Å². The molecule has 0 unspecified atom stereocenters. The van der Waals surface area contributed by atoms with Crippen LogP contribution in [0.15, 0.2) is 42.5 Å². The molecule has 34 heavy (non-hydrogen) atoms. The summed E-state index contributed by atoms with van der Waals surface area (Å²) in [6.45, 7) is 0.224. The monoisotopic (exact) mass is 477 g/mol. The Labute approximate surface area is 192 Å². The second kappa shape index (κ2) is 9.59. The third kappa shape index (κ3) is 5.39. The summed E-state index contributed by atoms with van der Waals surface area (Å²) in [7, 11) is 0. The fourth-order valence-corrected chi connectivity index (χ4v) is 3.52. The average molecular weight is 477 g/mol. The summed E-state index contributed by atoms with van der Waals surface area (Å²) in [5, 5.41) is 11.5. The zero-order valence-electron chi connectivity index (χ0n) is 17.9. The lowest BCUT2D eigenvalue weighted by molar-refractivity contribution is -0.385. The van der Waals surface area contributed by atoms with Crippen LogP contribution in [-0.2, 0) is 16.1 Å².